The van der Waals surface area contributed by atoms with Gasteiger partial charge >= 0.3 is 5.97 Å². The first-order valence-electron chi connectivity index (χ1n) is 5.53. The Balaban J connectivity index is 2.85. The zero-order valence-corrected chi connectivity index (χ0v) is 10.1. The summed E-state index contributed by atoms with van der Waals surface area (Å²) in [6, 6.07) is 0.689. The molecule has 2 atom stereocenters. The molecule has 0 aromatic heterocycles. The molecule has 0 aliphatic rings. The normalized spacial score (nSPS) is 14.0. The van der Waals surface area contributed by atoms with Crippen molar-refractivity contribution < 1.29 is 32.9 Å². The molecule has 0 aliphatic heterocycles. The number of aliphatic hydroxyl groups excluding tert-OH is 2. The van der Waals surface area contributed by atoms with Gasteiger partial charge in [0.15, 0.2) is 11.6 Å². The van der Waals surface area contributed by atoms with E-state index in [0.717, 1.165) is 0 Å². The SMILES string of the molecule is CCOC(=O)CC(O)C(O)c1cc(F)c(F)cc1F. The lowest BCUT2D eigenvalue weighted by atomic mass is 10.0. The van der Waals surface area contributed by atoms with Crippen molar-refractivity contribution in [2.45, 2.75) is 25.6 Å². The van der Waals surface area contributed by atoms with Crippen LogP contribution in [0.5, 0.6) is 0 Å². The summed E-state index contributed by atoms with van der Waals surface area (Å²) in [5.74, 6) is -4.78. The Morgan fingerprint density at radius 3 is 2.37 bits per heavy atom. The van der Waals surface area contributed by atoms with Crippen LogP contribution in [0.2, 0.25) is 0 Å². The second kappa shape index (κ2) is 6.53. The van der Waals surface area contributed by atoms with E-state index in [2.05, 4.69) is 4.74 Å². The van der Waals surface area contributed by atoms with Crippen LogP contribution in [-0.2, 0) is 9.53 Å². The Kier molecular flexibility index (Phi) is 5.31. The third kappa shape index (κ3) is 3.93. The first-order valence-corrected chi connectivity index (χ1v) is 5.53. The summed E-state index contributed by atoms with van der Waals surface area (Å²) >= 11 is 0. The van der Waals surface area contributed by atoms with Crippen molar-refractivity contribution in [3.63, 3.8) is 0 Å². The molecule has 0 amide bonds. The second-order valence-corrected chi connectivity index (χ2v) is 3.81. The molecular weight excluding hydrogens is 265 g/mol. The largest absolute Gasteiger partial charge is 0.466 e. The highest BCUT2D eigenvalue weighted by atomic mass is 19.2. The van der Waals surface area contributed by atoms with Crippen molar-refractivity contribution in [2.24, 2.45) is 0 Å². The van der Waals surface area contributed by atoms with Gasteiger partial charge in [0, 0.05) is 11.6 Å². The van der Waals surface area contributed by atoms with Crippen LogP contribution in [0.1, 0.15) is 25.0 Å². The van der Waals surface area contributed by atoms with Crippen LogP contribution in [0.15, 0.2) is 12.1 Å². The lowest BCUT2D eigenvalue weighted by Gasteiger charge is -2.18. The summed E-state index contributed by atoms with van der Waals surface area (Å²) in [4.78, 5) is 11.1. The zero-order valence-electron chi connectivity index (χ0n) is 10.1. The van der Waals surface area contributed by atoms with E-state index in [-0.39, 0.29) is 12.7 Å². The van der Waals surface area contributed by atoms with Gasteiger partial charge in [-0.05, 0) is 13.0 Å². The van der Waals surface area contributed by atoms with Crippen molar-refractivity contribution in [3.8, 4) is 0 Å². The van der Waals surface area contributed by atoms with Crippen LogP contribution >= 0.6 is 0 Å². The highest BCUT2D eigenvalue weighted by Crippen LogP contribution is 2.24. The molecule has 0 saturated heterocycles. The maximum Gasteiger partial charge on any atom is 0.308 e. The zero-order chi connectivity index (χ0) is 14.6. The minimum Gasteiger partial charge on any atom is -0.466 e. The lowest BCUT2D eigenvalue weighted by molar-refractivity contribution is -0.147. The maximum atomic E-state index is 13.3. The molecule has 4 nitrogen and oxygen atoms in total. The molecule has 0 heterocycles. The van der Waals surface area contributed by atoms with Crippen LogP contribution in [0.25, 0.3) is 0 Å². The molecule has 106 valence electrons. The smallest absolute Gasteiger partial charge is 0.308 e. The van der Waals surface area contributed by atoms with Crippen LogP contribution in [0.3, 0.4) is 0 Å². The van der Waals surface area contributed by atoms with Crippen molar-refractivity contribution in [1.29, 1.82) is 0 Å². The van der Waals surface area contributed by atoms with Crippen LogP contribution in [0, 0.1) is 17.5 Å². The molecule has 7 heteroatoms. The molecule has 0 radical (unpaired) electrons. The number of hydrogen-bond donors (Lipinski definition) is 2. The van der Waals surface area contributed by atoms with E-state index in [1.54, 1.807) is 6.92 Å². The monoisotopic (exact) mass is 278 g/mol. The number of esters is 1. The molecule has 1 aromatic carbocycles. The molecule has 0 fully saturated rings. The minimum atomic E-state index is -1.86. The Hall–Kier alpha value is -1.60. The number of ether oxygens (including phenoxy) is 1. The first-order chi connectivity index (χ1) is 8.86. The van der Waals surface area contributed by atoms with Gasteiger partial charge in [-0.1, -0.05) is 0 Å². The van der Waals surface area contributed by atoms with E-state index in [9.17, 15) is 28.2 Å². The average molecular weight is 278 g/mol. The predicted octanol–water partition coefficient (Wildman–Crippen LogP) is 1.45. The van der Waals surface area contributed by atoms with Crippen molar-refractivity contribution in [1.82, 2.24) is 0 Å². The van der Waals surface area contributed by atoms with E-state index in [1.165, 1.54) is 0 Å². The number of halogens is 3. The first kappa shape index (κ1) is 15.5. The van der Waals surface area contributed by atoms with E-state index in [4.69, 9.17) is 0 Å². The Morgan fingerprint density at radius 1 is 1.21 bits per heavy atom. The molecule has 0 aliphatic carbocycles. The highest BCUT2D eigenvalue weighted by molar-refractivity contribution is 5.70. The molecule has 0 saturated carbocycles. The van der Waals surface area contributed by atoms with E-state index >= 15 is 0 Å². The van der Waals surface area contributed by atoms with Gasteiger partial charge in [0.2, 0.25) is 0 Å². The molecular formula is C12H13F3O4. The Labute approximate surface area is 107 Å². The molecule has 2 N–H and O–H groups in total. The fourth-order valence-electron chi connectivity index (χ4n) is 1.47. The van der Waals surface area contributed by atoms with E-state index in [0.29, 0.717) is 6.07 Å². The quantitative estimate of drug-likeness (QED) is 0.632. The standard InChI is InChI=1S/C12H13F3O4/c1-2-19-11(17)5-10(16)12(18)6-3-8(14)9(15)4-7(6)13/h3-4,10,12,16,18H,2,5H2,1H3. The van der Waals surface area contributed by atoms with Crippen molar-refractivity contribution in [3.05, 3.63) is 35.1 Å². The number of carbonyl (C=O) groups is 1. The average Bonchev–Trinajstić information content (AvgIpc) is 2.33. The summed E-state index contributed by atoms with van der Waals surface area (Å²) in [5.41, 5.74) is -0.629. The lowest BCUT2D eigenvalue weighted by Crippen LogP contribution is -2.24. The van der Waals surface area contributed by atoms with E-state index < -0.39 is 47.6 Å². The van der Waals surface area contributed by atoms with Gasteiger partial charge in [-0.25, -0.2) is 13.2 Å². The molecule has 1 aromatic rings. The number of hydrogen-bond acceptors (Lipinski definition) is 4. The fourth-order valence-corrected chi connectivity index (χ4v) is 1.47. The van der Waals surface area contributed by atoms with Gasteiger partial charge in [0.25, 0.3) is 0 Å². The molecule has 1 rings (SSSR count). The number of rotatable bonds is 5. The fraction of sp³-hybridized carbons (Fsp3) is 0.417. The van der Waals surface area contributed by atoms with Gasteiger partial charge in [-0.2, -0.15) is 0 Å². The minimum absolute atomic E-state index is 0.0845. The number of aliphatic hydroxyl groups is 2. The topological polar surface area (TPSA) is 66.8 Å². The summed E-state index contributed by atoms with van der Waals surface area (Å²) in [6.07, 6.45) is -4.13. The molecule has 2 unspecified atom stereocenters. The maximum absolute atomic E-state index is 13.3. The van der Waals surface area contributed by atoms with Gasteiger partial charge < -0.3 is 14.9 Å². The Bertz CT molecular complexity index is 465. The summed E-state index contributed by atoms with van der Waals surface area (Å²) in [5, 5.41) is 19.1. The van der Waals surface area contributed by atoms with Gasteiger partial charge in [0.05, 0.1) is 19.1 Å². The number of carbonyl (C=O) groups excluding carboxylic acids is 1. The van der Waals surface area contributed by atoms with Gasteiger partial charge in [-0.3, -0.25) is 4.79 Å². The second-order valence-electron chi connectivity index (χ2n) is 3.81. The van der Waals surface area contributed by atoms with Gasteiger partial charge in [-0.15, -0.1) is 0 Å². The summed E-state index contributed by atoms with van der Waals surface area (Å²) in [7, 11) is 0. The van der Waals surface area contributed by atoms with E-state index in [1.807, 2.05) is 0 Å². The number of benzene rings is 1. The van der Waals surface area contributed by atoms with Crippen LogP contribution in [0.4, 0.5) is 13.2 Å². The molecule has 0 bridgehead atoms. The molecule has 19 heavy (non-hydrogen) atoms. The van der Waals surface area contributed by atoms with Crippen molar-refractivity contribution in [2.75, 3.05) is 6.61 Å². The van der Waals surface area contributed by atoms with Gasteiger partial charge in [0.1, 0.15) is 11.9 Å². The molecule has 0 spiro atoms. The van der Waals surface area contributed by atoms with Crippen LogP contribution < -0.4 is 0 Å². The third-order valence-corrected chi connectivity index (χ3v) is 2.40. The summed E-state index contributed by atoms with van der Waals surface area (Å²) < 4.78 is 43.5. The predicted molar refractivity (Wildman–Crippen MR) is 58.5 cm³/mol. The highest BCUT2D eigenvalue weighted by Gasteiger charge is 2.26. The summed E-state index contributed by atoms with van der Waals surface area (Å²) in [6.45, 7) is 1.64. The Morgan fingerprint density at radius 2 is 1.79 bits per heavy atom. The van der Waals surface area contributed by atoms with Crippen LogP contribution in [-0.4, -0.2) is 28.9 Å². The third-order valence-electron chi connectivity index (χ3n) is 2.40. The van der Waals surface area contributed by atoms with Crippen molar-refractivity contribution >= 4 is 5.97 Å².